The molecule has 5 rings (SSSR count). The fraction of sp³-hybridized carbons (Fsp3) is 0.192. The average molecular weight is 470 g/mol. The smallest absolute Gasteiger partial charge is 0.325 e. The van der Waals surface area contributed by atoms with Crippen LogP contribution in [0.1, 0.15) is 16.0 Å². The Bertz CT molecular complexity index is 1530. The highest BCUT2D eigenvalue weighted by molar-refractivity contribution is 7.18. The van der Waals surface area contributed by atoms with Crippen molar-refractivity contribution >= 4 is 50.2 Å². The van der Waals surface area contributed by atoms with E-state index in [1.165, 1.54) is 13.4 Å². The van der Waals surface area contributed by atoms with E-state index in [-0.39, 0.29) is 6.54 Å². The number of methoxy groups -OCH3 is 1. The van der Waals surface area contributed by atoms with Crippen molar-refractivity contribution in [1.29, 1.82) is 0 Å². The van der Waals surface area contributed by atoms with Crippen LogP contribution in [0.25, 0.3) is 32.4 Å². The number of esters is 1. The van der Waals surface area contributed by atoms with Gasteiger partial charge in [-0.3, -0.25) is 9.69 Å². The molecule has 0 spiro atoms. The summed E-state index contributed by atoms with van der Waals surface area (Å²) in [5.41, 5.74) is 4.74. The molecular weight excluding hydrogens is 446 g/mol. The van der Waals surface area contributed by atoms with Crippen LogP contribution in [0.4, 0.5) is 11.8 Å². The van der Waals surface area contributed by atoms with E-state index in [0.717, 1.165) is 48.4 Å². The molecule has 170 valence electrons. The molecule has 2 aromatic carbocycles. The van der Waals surface area contributed by atoms with Crippen molar-refractivity contribution in [3.05, 3.63) is 70.9 Å². The molecule has 0 N–H and O–H groups in total. The second kappa shape index (κ2) is 8.79. The van der Waals surface area contributed by atoms with E-state index >= 15 is 0 Å². The fourth-order valence-electron chi connectivity index (χ4n) is 3.97. The first-order chi connectivity index (χ1) is 16.5. The van der Waals surface area contributed by atoms with Gasteiger partial charge in [-0.25, -0.2) is 19.9 Å². The summed E-state index contributed by atoms with van der Waals surface area (Å²) in [6, 6.07) is 16.1. The molecule has 0 unspecified atom stereocenters. The molecule has 0 amide bonds. The number of thiophene rings is 1. The highest BCUT2D eigenvalue weighted by Crippen LogP contribution is 2.37. The van der Waals surface area contributed by atoms with Crippen LogP contribution >= 0.6 is 11.3 Å². The molecule has 3 heterocycles. The summed E-state index contributed by atoms with van der Waals surface area (Å²) >= 11 is 1.60. The number of anilines is 2. The van der Waals surface area contributed by atoms with Crippen LogP contribution in [0, 0.1) is 20.8 Å². The Labute approximate surface area is 201 Å². The largest absolute Gasteiger partial charge is 0.468 e. The van der Waals surface area contributed by atoms with Gasteiger partial charge >= 0.3 is 5.97 Å². The van der Waals surface area contributed by atoms with Crippen molar-refractivity contribution in [2.24, 2.45) is 0 Å². The number of aryl methyl sites for hydroxylation is 3. The van der Waals surface area contributed by atoms with E-state index in [1.807, 2.05) is 56.3 Å². The van der Waals surface area contributed by atoms with E-state index in [9.17, 15) is 4.79 Å². The molecule has 0 aliphatic rings. The molecule has 0 saturated carbocycles. The second-order valence-corrected chi connectivity index (χ2v) is 9.28. The Morgan fingerprint density at radius 3 is 2.59 bits per heavy atom. The maximum atomic E-state index is 12.5. The molecule has 34 heavy (non-hydrogen) atoms. The first kappa shape index (κ1) is 21.9. The van der Waals surface area contributed by atoms with Gasteiger partial charge in [-0.05, 0) is 38.5 Å². The van der Waals surface area contributed by atoms with Gasteiger partial charge in [0, 0.05) is 15.8 Å². The minimum Gasteiger partial charge on any atom is -0.468 e. The lowest BCUT2D eigenvalue weighted by Crippen LogP contribution is -2.29. The highest BCUT2D eigenvalue weighted by Gasteiger charge is 2.25. The topological polar surface area (TPSA) is 81.1 Å². The van der Waals surface area contributed by atoms with Crippen molar-refractivity contribution in [3.8, 4) is 11.3 Å². The van der Waals surface area contributed by atoms with Gasteiger partial charge in [-0.1, -0.05) is 42.0 Å². The Kier molecular flexibility index (Phi) is 5.67. The number of hydrogen-bond donors (Lipinski definition) is 0. The number of hydrogen-bond acceptors (Lipinski definition) is 8. The molecule has 5 aromatic rings. The lowest BCUT2D eigenvalue weighted by atomic mass is 10.0. The zero-order valence-electron chi connectivity index (χ0n) is 19.4. The summed E-state index contributed by atoms with van der Waals surface area (Å²) in [5, 5.41) is 1.84. The SMILES string of the molecule is COC(=O)CN(c1nc(-c2ccccc2)c2cc(C)ccc2n1)c1ncnc2sc(C)c(C)c12. The molecule has 0 atom stereocenters. The third-order valence-electron chi connectivity index (χ3n) is 5.84. The summed E-state index contributed by atoms with van der Waals surface area (Å²) in [5.74, 6) is 0.553. The van der Waals surface area contributed by atoms with Crippen LogP contribution in [-0.4, -0.2) is 39.6 Å². The zero-order valence-corrected chi connectivity index (χ0v) is 20.2. The van der Waals surface area contributed by atoms with Crippen molar-refractivity contribution in [2.75, 3.05) is 18.6 Å². The molecule has 8 heteroatoms. The first-order valence-corrected chi connectivity index (χ1v) is 11.7. The van der Waals surface area contributed by atoms with Gasteiger partial charge in [0.15, 0.2) is 0 Å². The van der Waals surface area contributed by atoms with Crippen LogP contribution in [-0.2, 0) is 9.53 Å². The van der Waals surface area contributed by atoms with Gasteiger partial charge in [-0.2, -0.15) is 0 Å². The van der Waals surface area contributed by atoms with Gasteiger partial charge in [0.1, 0.15) is 23.5 Å². The van der Waals surface area contributed by atoms with Gasteiger partial charge in [0.25, 0.3) is 0 Å². The van der Waals surface area contributed by atoms with Crippen molar-refractivity contribution in [3.63, 3.8) is 0 Å². The number of nitrogens with zero attached hydrogens (tertiary/aromatic N) is 5. The Hall–Kier alpha value is -3.91. The molecule has 7 nitrogen and oxygen atoms in total. The Morgan fingerprint density at radius 1 is 1.03 bits per heavy atom. The van der Waals surface area contributed by atoms with Crippen LogP contribution < -0.4 is 4.90 Å². The number of aromatic nitrogens is 4. The number of rotatable bonds is 5. The number of ether oxygens (including phenoxy) is 1. The van der Waals surface area contributed by atoms with E-state index in [2.05, 4.69) is 23.0 Å². The fourth-order valence-corrected chi connectivity index (χ4v) is 4.96. The monoisotopic (exact) mass is 469 g/mol. The third kappa shape index (κ3) is 3.86. The normalized spacial score (nSPS) is 11.2. The third-order valence-corrected chi connectivity index (χ3v) is 6.96. The van der Waals surface area contributed by atoms with Crippen LogP contribution in [0.5, 0.6) is 0 Å². The van der Waals surface area contributed by atoms with Crippen LogP contribution in [0.15, 0.2) is 54.9 Å². The molecule has 0 fully saturated rings. The number of carbonyl (C=O) groups excluding carboxylic acids is 1. The molecule has 0 bridgehead atoms. The summed E-state index contributed by atoms with van der Waals surface area (Å²) in [7, 11) is 1.37. The van der Waals surface area contributed by atoms with Gasteiger partial charge < -0.3 is 4.74 Å². The van der Waals surface area contributed by atoms with Gasteiger partial charge in [0.05, 0.1) is 23.7 Å². The quantitative estimate of drug-likeness (QED) is 0.313. The Balaban J connectivity index is 1.80. The molecule has 0 radical (unpaired) electrons. The summed E-state index contributed by atoms with van der Waals surface area (Å²) in [4.78, 5) is 35.1. The van der Waals surface area contributed by atoms with Crippen molar-refractivity contribution in [2.45, 2.75) is 20.8 Å². The Morgan fingerprint density at radius 2 is 1.82 bits per heavy atom. The maximum Gasteiger partial charge on any atom is 0.325 e. The number of benzene rings is 2. The minimum absolute atomic E-state index is 0.0808. The molecule has 0 aliphatic carbocycles. The summed E-state index contributed by atoms with van der Waals surface area (Å²) in [6.07, 6.45) is 1.51. The van der Waals surface area contributed by atoms with Gasteiger partial charge in [0.2, 0.25) is 5.95 Å². The zero-order chi connectivity index (χ0) is 23.8. The molecule has 0 aliphatic heterocycles. The number of carbonyl (C=O) groups is 1. The summed E-state index contributed by atoms with van der Waals surface area (Å²) in [6.45, 7) is 6.06. The van der Waals surface area contributed by atoms with Crippen molar-refractivity contribution in [1.82, 2.24) is 19.9 Å². The minimum atomic E-state index is -0.412. The lowest BCUT2D eigenvalue weighted by molar-refractivity contribution is -0.138. The van der Waals surface area contributed by atoms with E-state index in [4.69, 9.17) is 14.7 Å². The first-order valence-electron chi connectivity index (χ1n) is 10.8. The highest BCUT2D eigenvalue weighted by atomic mass is 32.1. The van der Waals surface area contributed by atoms with Crippen LogP contribution in [0.2, 0.25) is 0 Å². The molecule has 0 saturated heterocycles. The van der Waals surface area contributed by atoms with E-state index in [0.29, 0.717) is 11.8 Å². The van der Waals surface area contributed by atoms with E-state index < -0.39 is 5.97 Å². The molecular formula is C26H23N5O2S. The number of fused-ring (bicyclic) bond motifs is 2. The lowest BCUT2D eigenvalue weighted by Gasteiger charge is -2.22. The predicted octanol–water partition coefficient (Wildman–Crippen LogP) is 5.54. The van der Waals surface area contributed by atoms with Crippen LogP contribution in [0.3, 0.4) is 0 Å². The van der Waals surface area contributed by atoms with Crippen molar-refractivity contribution < 1.29 is 9.53 Å². The van der Waals surface area contributed by atoms with Gasteiger partial charge in [-0.15, -0.1) is 11.3 Å². The maximum absolute atomic E-state index is 12.5. The second-order valence-electron chi connectivity index (χ2n) is 8.08. The standard InChI is InChI=1S/C26H23N5O2S/c1-15-10-11-20-19(12-15)23(18-8-6-5-7-9-18)30-26(29-20)31(13-21(32)33-4)24-22-16(2)17(3)34-25(22)28-14-27-24/h5-12,14H,13H2,1-4H3. The summed E-state index contributed by atoms with van der Waals surface area (Å²) < 4.78 is 5.01. The predicted molar refractivity (Wildman–Crippen MR) is 136 cm³/mol. The van der Waals surface area contributed by atoms with E-state index in [1.54, 1.807) is 16.2 Å². The molecule has 3 aromatic heterocycles. The average Bonchev–Trinajstić information content (AvgIpc) is 3.15.